The van der Waals surface area contributed by atoms with E-state index in [2.05, 4.69) is 99.4 Å². The Morgan fingerprint density at radius 1 is 0.857 bits per heavy atom. The van der Waals surface area contributed by atoms with Gasteiger partial charge in [-0.25, -0.2) is 0 Å². The number of aryl methyl sites for hydroxylation is 1. The highest BCUT2D eigenvalue weighted by Gasteiger charge is 2.49. The zero-order valence-electron chi connectivity index (χ0n) is 26.2. The van der Waals surface area contributed by atoms with E-state index in [-0.39, 0.29) is 22.4 Å². The predicted molar refractivity (Wildman–Crippen MR) is 176 cm³/mol. The summed E-state index contributed by atoms with van der Waals surface area (Å²) in [6.07, 6.45) is 3.56. The third-order valence-electron chi connectivity index (χ3n) is 8.64. The van der Waals surface area contributed by atoms with Crippen LogP contribution in [0.15, 0.2) is 58.9 Å². The van der Waals surface area contributed by atoms with Crippen LogP contribution in [0.2, 0.25) is 0 Å². The van der Waals surface area contributed by atoms with Crippen molar-refractivity contribution in [2.75, 3.05) is 13.2 Å². The molecule has 224 valence electrons. The Labute approximate surface area is 264 Å². The summed E-state index contributed by atoms with van der Waals surface area (Å²) in [5.74, 6) is 1.27. The molecule has 3 aliphatic rings. The van der Waals surface area contributed by atoms with E-state index in [0.717, 1.165) is 63.0 Å². The Morgan fingerprint density at radius 2 is 1.43 bits per heavy atom. The molecule has 1 heterocycles. The van der Waals surface area contributed by atoms with Gasteiger partial charge in [0, 0.05) is 47.8 Å². The van der Waals surface area contributed by atoms with E-state index in [1.54, 1.807) is 0 Å². The van der Waals surface area contributed by atoms with Gasteiger partial charge in [-0.05, 0) is 89.8 Å². The fourth-order valence-electron chi connectivity index (χ4n) is 6.87. The first-order valence-electron chi connectivity index (χ1n) is 15.3. The number of ether oxygens (including phenoxy) is 2. The summed E-state index contributed by atoms with van der Waals surface area (Å²) in [4.78, 5) is 30.5. The number of carbonyl (C=O) groups is 2. The van der Waals surface area contributed by atoms with Gasteiger partial charge in [-0.1, -0.05) is 64.4 Å². The lowest BCUT2D eigenvalue weighted by molar-refractivity contribution is -0.119. The highest BCUT2D eigenvalue weighted by Crippen LogP contribution is 2.55. The van der Waals surface area contributed by atoms with E-state index in [0.29, 0.717) is 37.6 Å². The number of hydrogen-bond donors (Lipinski definition) is 0. The average molecular weight is 682 g/mol. The molecule has 0 N–H and O–H groups in total. The SMILES string of the molecule is CCCN1C2=C(C(=O)CC(C)(C)C2)C(c2cc(I)c(OCc3ccc(C)cc3)c(OCC)c2)C2=C1CC(C)(C)CC2=O. The Morgan fingerprint density at radius 3 is 1.95 bits per heavy atom. The normalized spacial score (nSPS) is 20.0. The van der Waals surface area contributed by atoms with Crippen LogP contribution in [-0.4, -0.2) is 29.6 Å². The molecule has 0 saturated carbocycles. The number of benzene rings is 2. The largest absolute Gasteiger partial charge is 0.490 e. The van der Waals surface area contributed by atoms with Crippen molar-refractivity contribution in [2.24, 2.45) is 10.8 Å². The van der Waals surface area contributed by atoms with Crippen molar-refractivity contribution in [3.8, 4) is 11.5 Å². The molecule has 0 radical (unpaired) electrons. The molecule has 0 bridgehead atoms. The molecule has 0 spiro atoms. The summed E-state index contributed by atoms with van der Waals surface area (Å²) in [5, 5.41) is 0. The van der Waals surface area contributed by atoms with Crippen molar-refractivity contribution in [2.45, 2.75) is 93.1 Å². The van der Waals surface area contributed by atoms with Gasteiger partial charge in [0.2, 0.25) is 0 Å². The van der Waals surface area contributed by atoms with Crippen molar-refractivity contribution in [3.63, 3.8) is 0 Å². The molecule has 2 aliphatic carbocycles. The number of halogens is 1. The highest BCUT2D eigenvalue weighted by atomic mass is 127. The summed E-state index contributed by atoms with van der Waals surface area (Å²) in [6, 6.07) is 12.4. The third kappa shape index (κ3) is 6.06. The van der Waals surface area contributed by atoms with Crippen molar-refractivity contribution < 1.29 is 19.1 Å². The van der Waals surface area contributed by atoms with Gasteiger partial charge in [-0.2, -0.15) is 0 Å². The third-order valence-corrected chi connectivity index (χ3v) is 9.44. The molecule has 0 amide bonds. The molecule has 6 heteroatoms. The van der Waals surface area contributed by atoms with E-state index < -0.39 is 5.92 Å². The summed E-state index contributed by atoms with van der Waals surface area (Å²) < 4.78 is 13.4. The molecule has 0 atom stereocenters. The molecule has 0 saturated heterocycles. The van der Waals surface area contributed by atoms with Crippen LogP contribution in [0.4, 0.5) is 0 Å². The molecule has 1 aliphatic heterocycles. The van der Waals surface area contributed by atoms with Crippen molar-refractivity contribution in [3.05, 3.63) is 79.2 Å². The topological polar surface area (TPSA) is 55.8 Å². The average Bonchev–Trinajstić information content (AvgIpc) is 2.88. The number of allylic oxidation sites excluding steroid dienone is 4. The zero-order valence-corrected chi connectivity index (χ0v) is 28.3. The first kappa shape index (κ1) is 30.8. The van der Waals surface area contributed by atoms with Crippen LogP contribution in [0.1, 0.15) is 96.3 Å². The van der Waals surface area contributed by atoms with Gasteiger partial charge in [0.05, 0.1) is 10.2 Å². The maximum atomic E-state index is 14.1. The minimum atomic E-state index is -0.394. The molecule has 5 rings (SSSR count). The van der Waals surface area contributed by atoms with Gasteiger partial charge >= 0.3 is 0 Å². The lowest BCUT2D eigenvalue weighted by Crippen LogP contribution is -2.44. The molecule has 0 fully saturated rings. The Hall–Kier alpha value is -2.61. The Kier molecular flexibility index (Phi) is 8.68. The van der Waals surface area contributed by atoms with Crippen LogP contribution in [0.3, 0.4) is 0 Å². The van der Waals surface area contributed by atoms with Crippen LogP contribution in [0.25, 0.3) is 0 Å². The molecule has 42 heavy (non-hydrogen) atoms. The van der Waals surface area contributed by atoms with Crippen molar-refractivity contribution in [1.82, 2.24) is 4.90 Å². The first-order chi connectivity index (χ1) is 19.8. The fourth-order valence-corrected chi connectivity index (χ4v) is 7.65. The summed E-state index contributed by atoms with van der Waals surface area (Å²) >= 11 is 2.31. The maximum Gasteiger partial charge on any atom is 0.174 e. The number of nitrogens with zero attached hydrogens (tertiary/aromatic N) is 1. The summed E-state index contributed by atoms with van der Waals surface area (Å²) in [7, 11) is 0. The van der Waals surface area contributed by atoms with Gasteiger partial charge in [0.15, 0.2) is 23.1 Å². The predicted octanol–water partition coefficient (Wildman–Crippen LogP) is 8.67. The minimum Gasteiger partial charge on any atom is -0.490 e. The van der Waals surface area contributed by atoms with Crippen LogP contribution in [-0.2, 0) is 16.2 Å². The van der Waals surface area contributed by atoms with Crippen LogP contribution in [0, 0.1) is 21.3 Å². The van der Waals surface area contributed by atoms with Crippen LogP contribution < -0.4 is 9.47 Å². The molecular formula is C36H44INO4. The number of ketones is 2. The highest BCUT2D eigenvalue weighted by molar-refractivity contribution is 14.1. The first-order valence-corrected chi connectivity index (χ1v) is 16.4. The standard InChI is InChI=1S/C36H44INO4/c1-8-14-38-26-17-35(4,5)19-28(39)32(26)31(33-27(38)18-36(6,7)20-29(33)40)24-15-25(37)34(30(16-24)41-9-2)42-21-23-12-10-22(3)11-13-23/h10-13,15-16,31H,8-9,14,17-21H2,1-7H3. The van der Waals surface area contributed by atoms with E-state index in [1.165, 1.54) is 5.56 Å². The number of rotatable bonds is 8. The number of hydrogen-bond acceptors (Lipinski definition) is 5. The molecule has 2 aromatic carbocycles. The van der Waals surface area contributed by atoms with Crippen molar-refractivity contribution >= 4 is 34.2 Å². The number of Topliss-reactive ketones (excluding diaryl/α,β-unsaturated/α-hetero) is 2. The monoisotopic (exact) mass is 681 g/mol. The van der Waals surface area contributed by atoms with Gasteiger partial charge in [0.1, 0.15) is 6.61 Å². The quantitative estimate of drug-likeness (QED) is 0.261. The molecule has 0 unspecified atom stereocenters. The lowest BCUT2D eigenvalue weighted by atomic mass is 9.63. The van der Waals surface area contributed by atoms with Gasteiger partial charge in [-0.3, -0.25) is 9.59 Å². The second-order valence-corrected chi connectivity index (χ2v) is 14.9. The second-order valence-electron chi connectivity index (χ2n) is 13.7. The van der Waals surface area contributed by atoms with Crippen LogP contribution in [0.5, 0.6) is 11.5 Å². The van der Waals surface area contributed by atoms with E-state index in [1.807, 2.05) is 13.0 Å². The van der Waals surface area contributed by atoms with Gasteiger partial charge in [-0.15, -0.1) is 0 Å². The fraction of sp³-hybridized carbons (Fsp3) is 0.500. The maximum absolute atomic E-state index is 14.1. The minimum absolute atomic E-state index is 0.128. The summed E-state index contributed by atoms with van der Waals surface area (Å²) in [5.41, 5.74) is 6.81. The van der Waals surface area contributed by atoms with Gasteiger partial charge < -0.3 is 14.4 Å². The molecule has 5 nitrogen and oxygen atoms in total. The molecule has 0 aromatic heterocycles. The molecule has 2 aromatic rings. The van der Waals surface area contributed by atoms with Gasteiger partial charge in [0.25, 0.3) is 0 Å². The summed E-state index contributed by atoms with van der Waals surface area (Å²) in [6.45, 7) is 16.7. The van der Waals surface area contributed by atoms with E-state index in [4.69, 9.17) is 9.47 Å². The van der Waals surface area contributed by atoms with E-state index in [9.17, 15) is 9.59 Å². The van der Waals surface area contributed by atoms with Crippen molar-refractivity contribution in [1.29, 1.82) is 0 Å². The Bertz CT molecular complexity index is 1410. The second kappa shape index (κ2) is 11.8. The zero-order chi connectivity index (χ0) is 30.4. The van der Waals surface area contributed by atoms with Crippen LogP contribution >= 0.6 is 22.6 Å². The Balaban J connectivity index is 1.66. The lowest BCUT2D eigenvalue weighted by Gasteiger charge is -2.49. The van der Waals surface area contributed by atoms with E-state index >= 15 is 0 Å². The smallest absolute Gasteiger partial charge is 0.174 e. The molecular weight excluding hydrogens is 637 g/mol. The number of carbonyl (C=O) groups excluding carboxylic acids is 2.